The summed E-state index contributed by atoms with van der Waals surface area (Å²) in [5, 5.41) is 12.6. The Hall–Kier alpha value is -2.17. The molecule has 0 unspecified atom stereocenters. The molecular formula is C21H23ClN2O2. The van der Waals surface area contributed by atoms with Gasteiger partial charge < -0.3 is 14.7 Å². The molecule has 0 saturated carbocycles. The maximum Gasteiger partial charge on any atom is 0.190 e. The number of allylic oxidation sites excluding steroid dienone is 1. The summed E-state index contributed by atoms with van der Waals surface area (Å²) in [6.45, 7) is 3.02. The number of anilines is 1. The topological polar surface area (TPSA) is 35.9 Å². The van der Waals surface area contributed by atoms with E-state index < -0.39 is 5.72 Å². The highest BCUT2D eigenvalue weighted by Gasteiger charge is 2.53. The molecule has 0 radical (unpaired) electrons. The van der Waals surface area contributed by atoms with E-state index in [0.717, 1.165) is 42.2 Å². The summed E-state index contributed by atoms with van der Waals surface area (Å²) in [7, 11) is 1.66. The van der Waals surface area contributed by atoms with Gasteiger partial charge in [0, 0.05) is 22.8 Å². The Bertz CT molecular complexity index is 819. The molecule has 4 rings (SSSR count). The van der Waals surface area contributed by atoms with E-state index in [4.69, 9.17) is 16.3 Å². The number of ether oxygens (including phenoxy) is 1. The van der Waals surface area contributed by atoms with Crippen molar-refractivity contribution < 1.29 is 9.84 Å². The number of methoxy groups -OCH3 is 1. The van der Waals surface area contributed by atoms with Crippen molar-refractivity contribution in [3.05, 3.63) is 71.0 Å². The molecule has 1 fully saturated rings. The van der Waals surface area contributed by atoms with E-state index in [1.54, 1.807) is 7.11 Å². The predicted octanol–water partition coefficient (Wildman–Crippen LogP) is 4.34. The molecule has 2 aromatic carbocycles. The summed E-state index contributed by atoms with van der Waals surface area (Å²) < 4.78 is 5.29. The summed E-state index contributed by atoms with van der Waals surface area (Å²) in [6, 6.07) is 15.2. The van der Waals surface area contributed by atoms with Crippen LogP contribution in [0.5, 0.6) is 5.75 Å². The van der Waals surface area contributed by atoms with E-state index in [9.17, 15) is 5.11 Å². The van der Waals surface area contributed by atoms with Gasteiger partial charge in [-0.25, -0.2) is 0 Å². The van der Waals surface area contributed by atoms with Crippen molar-refractivity contribution in [1.29, 1.82) is 0 Å². The monoisotopic (exact) mass is 370 g/mol. The van der Waals surface area contributed by atoms with Crippen molar-refractivity contribution in [3.63, 3.8) is 0 Å². The molecule has 2 aliphatic rings. The van der Waals surface area contributed by atoms with E-state index in [-0.39, 0.29) is 6.04 Å². The predicted molar refractivity (Wildman–Crippen MR) is 104 cm³/mol. The van der Waals surface area contributed by atoms with Crippen LogP contribution in [-0.4, -0.2) is 29.7 Å². The largest absolute Gasteiger partial charge is 0.497 e. The van der Waals surface area contributed by atoms with Crippen LogP contribution >= 0.6 is 11.6 Å². The van der Waals surface area contributed by atoms with Crippen LogP contribution in [-0.2, 0) is 5.72 Å². The number of halogens is 1. The quantitative estimate of drug-likeness (QED) is 0.871. The number of hydrogen-bond acceptors (Lipinski definition) is 4. The molecule has 2 atom stereocenters. The second-order valence-corrected chi connectivity index (χ2v) is 7.28. The molecule has 2 aromatic rings. The van der Waals surface area contributed by atoms with Gasteiger partial charge in [-0.2, -0.15) is 0 Å². The van der Waals surface area contributed by atoms with Gasteiger partial charge >= 0.3 is 0 Å². The van der Waals surface area contributed by atoms with Crippen molar-refractivity contribution in [1.82, 2.24) is 4.90 Å². The van der Waals surface area contributed by atoms with Crippen molar-refractivity contribution in [2.75, 3.05) is 18.6 Å². The van der Waals surface area contributed by atoms with Crippen molar-refractivity contribution in [2.45, 2.75) is 31.5 Å². The number of nitrogens with zero attached hydrogens (tertiary/aromatic N) is 2. The normalized spacial score (nSPS) is 25.1. The first-order chi connectivity index (χ1) is 12.6. The van der Waals surface area contributed by atoms with Gasteiger partial charge in [0.05, 0.1) is 13.2 Å². The molecule has 0 spiro atoms. The van der Waals surface area contributed by atoms with E-state index in [1.165, 1.54) is 0 Å². The molecule has 0 aliphatic carbocycles. The SMILES string of the molecule is COc1ccc(N2C3=CCCCN3[C@H](C)[C@]2(O)c2ccc(Cl)cc2)cc1. The highest BCUT2D eigenvalue weighted by atomic mass is 35.5. The molecule has 1 N–H and O–H groups in total. The highest BCUT2D eigenvalue weighted by molar-refractivity contribution is 6.30. The molecule has 1 saturated heterocycles. The molecule has 136 valence electrons. The standard InChI is InChI=1S/C21H23ClN2O2/c1-15-21(25,16-6-8-17(22)9-7-16)24(20-5-3-4-14-23(15)20)18-10-12-19(26-2)13-11-18/h5-13,15,25H,3-4,14H2,1-2H3/t15-,21+/m1/s1. The summed E-state index contributed by atoms with van der Waals surface area (Å²) >= 11 is 6.08. The van der Waals surface area contributed by atoms with Gasteiger partial charge in [0.25, 0.3) is 0 Å². The molecule has 0 bridgehead atoms. The van der Waals surface area contributed by atoms with Crippen LogP contribution in [0.1, 0.15) is 25.3 Å². The number of benzene rings is 2. The lowest BCUT2D eigenvalue weighted by Gasteiger charge is -2.37. The number of fused-ring (bicyclic) bond motifs is 1. The molecule has 5 heteroatoms. The molecular weight excluding hydrogens is 348 g/mol. The van der Waals surface area contributed by atoms with Crippen LogP contribution < -0.4 is 9.64 Å². The minimum absolute atomic E-state index is 0.0858. The Morgan fingerprint density at radius 2 is 1.81 bits per heavy atom. The first-order valence-corrected chi connectivity index (χ1v) is 9.33. The Morgan fingerprint density at radius 1 is 1.12 bits per heavy atom. The zero-order valence-electron chi connectivity index (χ0n) is 15.0. The summed E-state index contributed by atoms with van der Waals surface area (Å²) in [5.41, 5.74) is 0.598. The van der Waals surface area contributed by atoms with Crippen LogP contribution in [0, 0.1) is 0 Å². The van der Waals surface area contributed by atoms with Crippen LogP contribution in [0.3, 0.4) is 0 Å². The van der Waals surface area contributed by atoms with Crippen LogP contribution in [0.2, 0.25) is 5.02 Å². The minimum atomic E-state index is -1.17. The van der Waals surface area contributed by atoms with Crippen molar-refractivity contribution in [3.8, 4) is 5.75 Å². The zero-order chi connectivity index (χ0) is 18.3. The smallest absolute Gasteiger partial charge is 0.190 e. The number of aliphatic hydroxyl groups is 1. The third-order valence-corrected chi connectivity index (χ3v) is 5.70. The van der Waals surface area contributed by atoms with Crippen molar-refractivity contribution >= 4 is 17.3 Å². The second kappa shape index (κ2) is 6.53. The average Bonchev–Trinajstić information content (AvgIpc) is 2.91. The summed E-state index contributed by atoms with van der Waals surface area (Å²) in [5.74, 6) is 1.86. The third kappa shape index (κ3) is 2.56. The van der Waals surface area contributed by atoms with Gasteiger partial charge in [-0.15, -0.1) is 0 Å². The van der Waals surface area contributed by atoms with Gasteiger partial charge in [0.2, 0.25) is 0 Å². The van der Waals surface area contributed by atoms with E-state index in [1.807, 2.05) is 53.4 Å². The molecule has 4 nitrogen and oxygen atoms in total. The fraction of sp³-hybridized carbons (Fsp3) is 0.333. The van der Waals surface area contributed by atoms with E-state index in [0.29, 0.717) is 5.02 Å². The number of hydrogen-bond donors (Lipinski definition) is 1. The lowest BCUT2D eigenvalue weighted by atomic mass is 9.95. The van der Waals surface area contributed by atoms with Crippen molar-refractivity contribution in [2.24, 2.45) is 0 Å². The Balaban J connectivity index is 1.87. The maximum atomic E-state index is 12.0. The van der Waals surface area contributed by atoms with Gasteiger partial charge in [-0.05, 0) is 62.2 Å². The lowest BCUT2D eigenvalue weighted by molar-refractivity contribution is 0.00784. The minimum Gasteiger partial charge on any atom is -0.497 e. The Kier molecular flexibility index (Phi) is 4.33. The molecule has 2 aliphatic heterocycles. The molecule has 0 aromatic heterocycles. The first-order valence-electron chi connectivity index (χ1n) is 8.95. The summed E-state index contributed by atoms with van der Waals surface area (Å²) in [6.07, 6.45) is 4.33. The molecule has 0 amide bonds. The van der Waals surface area contributed by atoms with E-state index in [2.05, 4.69) is 17.9 Å². The second-order valence-electron chi connectivity index (χ2n) is 6.84. The Labute approximate surface area is 159 Å². The zero-order valence-corrected chi connectivity index (χ0v) is 15.8. The third-order valence-electron chi connectivity index (χ3n) is 5.44. The van der Waals surface area contributed by atoms with Crippen LogP contribution in [0.15, 0.2) is 60.4 Å². The van der Waals surface area contributed by atoms with Gasteiger partial charge in [0.1, 0.15) is 11.6 Å². The molecule has 2 heterocycles. The number of rotatable bonds is 3. The molecule has 26 heavy (non-hydrogen) atoms. The van der Waals surface area contributed by atoms with E-state index >= 15 is 0 Å². The Morgan fingerprint density at radius 3 is 2.46 bits per heavy atom. The fourth-order valence-corrected chi connectivity index (χ4v) is 4.17. The maximum absolute atomic E-state index is 12.0. The lowest BCUT2D eigenvalue weighted by Crippen LogP contribution is -2.47. The highest BCUT2D eigenvalue weighted by Crippen LogP contribution is 2.47. The van der Waals surface area contributed by atoms with Gasteiger partial charge in [-0.1, -0.05) is 23.7 Å². The van der Waals surface area contributed by atoms with Gasteiger partial charge in [0.15, 0.2) is 5.72 Å². The first kappa shape index (κ1) is 17.3. The average molecular weight is 371 g/mol. The summed E-state index contributed by atoms with van der Waals surface area (Å²) in [4.78, 5) is 4.34. The fourth-order valence-electron chi connectivity index (χ4n) is 4.04. The van der Waals surface area contributed by atoms with Crippen LogP contribution in [0.4, 0.5) is 5.69 Å². The van der Waals surface area contributed by atoms with Crippen LogP contribution in [0.25, 0.3) is 0 Å². The van der Waals surface area contributed by atoms with Gasteiger partial charge in [-0.3, -0.25) is 4.90 Å².